The zero-order valence-corrected chi connectivity index (χ0v) is 25.2. The molecule has 2 saturated carbocycles. The standard InChI is InChI=1S/C38H45F3O/c1-3-5-6-24-42-36-23-22-34(37(40)38(36)41)31-18-14-29(15-19-31)32-20-21-33(35(39)25-32)30-16-12-28(13-17-30)27-10-8-26(7-4-2)9-11-27/h4,7,14-15,18-23,25-28,30H,3,5-6,8-13,16-17,24H2,1-2H3. The first-order chi connectivity index (χ1) is 20.5. The lowest BCUT2D eigenvalue weighted by atomic mass is 9.68. The van der Waals surface area contributed by atoms with Gasteiger partial charge in [-0.1, -0.05) is 68.3 Å². The summed E-state index contributed by atoms with van der Waals surface area (Å²) in [5.41, 5.74) is 3.22. The second kappa shape index (κ2) is 14.4. The van der Waals surface area contributed by atoms with E-state index in [4.69, 9.17) is 4.74 Å². The Labute approximate surface area is 250 Å². The first-order valence-electron chi connectivity index (χ1n) is 16.1. The van der Waals surface area contributed by atoms with Gasteiger partial charge < -0.3 is 4.74 Å². The summed E-state index contributed by atoms with van der Waals surface area (Å²) in [7, 11) is 0. The lowest BCUT2D eigenvalue weighted by Gasteiger charge is -2.37. The number of halogens is 3. The maximum Gasteiger partial charge on any atom is 0.201 e. The molecule has 4 heteroatoms. The van der Waals surface area contributed by atoms with E-state index in [-0.39, 0.29) is 23.0 Å². The summed E-state index contributed by atoms with van der Waals surface area (Å²) in [6, 6.07) is 15.8. The summed E-state index contributed by atoms with van der Waals surface area (Å²) in [5.74, 6) is 0.611. The van der Waals surface area contributed by atoms with Crippen LogP contribution in [0.1, 0.15) is 96.0 Å². The van der Waals surface area contributed by atoms with Crippen LogP contribution in [0.25, 0.3) is 22.3 Å². The van der Waals surface area contributed by atoms with Gasteiger partial charge in [0.25, 0.3) is 0 Å². The molecule has 5 rings (SSSR count). The molecule has 0 aromatic heterocycles. The zero-order valence-electron chi connectivity index (χ0n) is 25.2. The van der Waals surface area contributed by atoms with Gasteiger partial charge in [-0.15, -0.1) is 0 Å². The molecule has 0 heterocycles. The highest BCUT2D eigenvalue weighted by Gasteiger charge is 2.31. The minimum Gasteiger partial charge on any atom is -0.490 e. The summed E-state index contributed by atoms with van der Waals surface area (Å²) in [6.07, 6.45) is 17.2. The van der Waals surface area contributed by atoms with Crippen LogP contribution in [-0.4, -0.2) is 6.61 Å². The van der Waals surface area contributed by atoms with Gasteiger partial charge in [0.1, 0.15) is 5.82 Å². The van der Waals surface area contributed by atoms with Crippen LogP contribution >= 0.6 is 0 Å². The number of benzene rings is 3. The molecule has 1 nitrogen and oxygen atoms in total. The van der Waals surface area contributed by atoms with Crippen molar-refractivity contribution in [1.82, 2.24) is 0 Å². The summed E-state index contributed by atoms with van der Waals surface area (Å²) in [5, 5.41) is 0. The molecule has 0 unspecified atom stereocenters. The molecule has 2 fully saturated rings. The van der Waals surface area contributed by atoms with Gasteiger partial charge in [-0.2, -0.15) is 4.39 Å². The fourth-order valence-corrected chi connectivity index (χ4v) is 7.26. The van der Waals surface area contributed by atoms with Gasteiger partial charge in [-0.3, -0.25) is 0 Å². The van der Waals surface area contributed by atoms with E-state index in [1.165, 1.54) is 44.6 Å². The van der Waals surface area contributed by atoms with Crippen molar-refractivity contribution in [2.24, 2.45) is 17.8 Å². The quantitative estimate of drug-likeness (QED) is 0.173. The third-order valence-corrected chi connectivity index (χ3v) is 9.74. The molecule has 0 atom stereocenters. The summed E-state index contributed by atoms with van der Waals surface area (Å²) in [4.78, 5) is 0. The molecule has 224 valence electrons. The molecule has 2 aliphatic carbocycles. The van der Waals surface area contributed by atoms with E-state index in [0.29, 0.717) is 12.2 Å². The lowest BCUT2D eigenvalue weighted by Crippen LogP contribution is -2.25. The van der Waals surface area contributed by atoms with Gasteiger partial charge in [-0.05, 0) is 129 Å². The van der Waals surface area contributed by atoms with Gasteiger partial charge in [-0.25, -0.2) is 8.78 Å². The largest absolute Gasteiger partial charge is 0.490 e. The van der Waals surface area contributed by atoms with Crippen molar-refractivity contribution in [1.29, 1.82) is 0 Å². The highest BCUT2D eigenvalue weighted by atomic mass is 19.2. The van der Waals surface area contributed by atoms with E-state index in [1.54, 1.807) is 24.3 Å². The summed E-state index contributed by atoms with van der Waals surface area (Å²) in [6.45, 7) is 4.56. The Kier molecular flexibility index (Phi) is 10.5. The maximum atomic E-state index is 15.4. The van der Waals surface area contributed by atoms with Crippen LogP contribution in [0, 0.1) is 35.2 Å². The molecule has 0 saturated heterocycles. The molecule has 0 amide bonds. The average Bonchev–Trinajstić information content (AvgIpc) is 3.02. The first-order valence-corrected chi connectivity index (χ1v) is 16.1. The van der Waals surface area contributed by atoms with Crippen molar-refractivity contribution in [2.45, 2.75) is 90.4 Å². The second-order valence-corrected chi connectivity index (χ2v) is 12.4. The number of ether oxygens (including phenoxy) is 1. The predicted octanol–water partition coefficient (Wildman–Crippen LogP) is 11.7. The van der Waals surface area contributed by atoms with Crippen molar-refractivity contribution in [3.8, 4) is 28.0 Å². The molecule has 0 spiro atoms. The van der Waals surface area contributed by atoms with Gasteiger partial charge in [0, 0.05) is 5.56 Å². The van der Waals surface area contributed by atoms with Crippen LogP contribution < -0.4 is 4.74 Å². The fraction of sp³-hybridized carbons (Fsp3) is 0.474. The minimum atomic E-state index is -0.962. The number of allylic oxidation sites excluding steroid dienone is 2. The van der Waals surface area contributed by atoms with Gasteiger partial charge in [0.15, 0.2) is 11.6 Å². The van der Waals surface area contributed by atoms with Crippen molar-refractivity contribution < 1.29 is 17.9 Å². The Bertz CT molecular complexity index is 1330. The Morgan fingerprint density at radius 1 is 0.714 bits per heavy atom. The lowest BCUT2D eigenvalue weighted by molar-refractivity contribution is 0.171. The van der Waals surface area contributed by atoms with E-state index >= 15 is 4.39 Å². The summed E-state index contributed by atoms with van der Waals surface area (Å²) >= 11 is 0. The monoisotopic (exact) mass is 574 g/mol. The van der Waals surface area contributed by atoms with Crippen LogP contribution in [0.5, 0.6) is 5.75 Å². The summed E-state index contributed by atoms with van der Waals surface area (Å²) < 4.78 is 50.4. The number of rotatable bonds is 10. The van der Waals surface area contributed by atoms with Crippen molar-refractivity contribution >= 4 is 0 Å². The van der Waals surface area contributed by atoms with Gasteiger partial charge >= 0.3 is 0 Å². The van der Waals surface area contributed by atoms with Crippen LogP contribution in [0.3, 0.4) is 0 Å². The smallest absolute Gasteiger partial charge is 0.201 e. The molecular weight excluding hydrogens is 529 g/mol. The van der Waals surface area contributed by atoms with Gasteiger partial charge in [0.2, 0.25) is 5.82 Å². The van der Waals surface area contributed by atoms with Crippen LogP contribution in [0.4, 0.5) is 13.2 Å². The third-order valence-electron chi connectivity index (χ3n) is 9.74. The Morgan fingerprint density at radius 3 is 2.00 bits per heavy atom. The molecule has 0 aliphatic heterocycles. The van der Waals surface area contributed by atoms with Crippen molar-refractivity contribution in [3.63, 3.8) is 0 Å². The predicted molar refractivity (Wildman–Crippen MR) is 167 cm³/mol. The molecule has 3 aromatic carbocycles. The topological polar surface area (TPSA) is 9.23 Å². The van der Waals surface area contributed by atoms with Crippen LogP contribution in [-0.2, 0) is 0 Å². The third kappa shape index (κ3) is 7.13. The van der Waals surface area contributed by atoms with Crippen LogP contribution in [0.15, 0.2) is 66.7 Å². The van der Waals surface area contributed by atoms with Crippen LogP contribution in [0.2, 0.25) is 0 Å². The van der Waals surface area contributed by atoms with Gasteiger partial charge in [0.05, 0.1) is 6.61 Å². The molecular formula is C38H45F3O. The molecule has 3 aromatic rings. The Hall–Kier alpha value is -3.01. The van der Waals surface area contributed by atoms with E-state index in [0.717, 1.165) is 66.5 Å². The van der Waals surface area contributed by atoms with E-state index < -0.39 is 11.6 Å². The highest BCUT2D eigenvalue weighted by molar-refractivity contribution is 5.71. The number of unbranched alkanes of at least 4 members (excludes halogenated alkanes) is 2. The first kappa shape index (κ1) is 30.4. The van der Waals surface area contributed by atoms with E-state index in [9.17, 15) is 8.78 Å². The fourth-order valence-electron chi connectivity index (χ4n) is 7.26. The highest BCUT2D eigenvalue weighted by Crippen LogP contribution is 2.45. The van der Waals surface area contributed by atoms with E-state index in [2.05, 4.69) is 26.0 Å². The van der Waals surface area contributed by atoms with Crippen molar-refractivity contribution in [3.05, 3.63) is 89.8 Å². The Balaban J connectivity index is 1.19. The van der Waals surface area contributed by atoms with Crippen molar-refractivity contribution in [2.75, 3.05) is 6.61 Å². The molecule has 2 aliphatic rings. The SMILES string of the molecule is CC=CC1CCC(C2CCC(c3ccc(-c4ccc(-c5ccc(OCCCCC)c(F)c5F)cc4)cc3F)CC2)CC1. The second-order valence-electron chi connectivity index (χ2n) is 12.4. The van der Waals surface area contributed by atoms with E-state index in [1.807, 2.05) is 24.3 Å². The minimum absolute atomic E-state index is 0.0554. The zero-order chi connectivity index (χ0) is 29.5. The number of hydrogen-bond acceptors (Lipinski definition) is 1. The average molecular weight is 575 g/mol. The molecule has 0 radical (unpaired) electrons. The molecule has 42 heavy (non-hydrogen) atoms. The number of hydrogen-bond donors (Lipinski definition) is 0. The Morgan fingerprint density at radius 2 is 1.36 bits per heavy atom. The normalized spacial score (nSPS) is 22.9. The maximum absolute atomic E-state index is 15.4. The molecule has 0 N–H and O–H groups in total. The molecule has 0 bridgehead atoms.